The van der Waals surface area contributed by atoms with E-state index in [0.717, 1.165) is 0 Å². The van der Waals surface area contributed by atoms with Crippen molar-refractivity contribution in [2.75, 3.05) is 12.4 Å². The molecule has 1 atom stereocenters. The number of rotatable bonds is 7. The zero-order valence-corrected chi connectivity index (χ0v) is 10.2. The highest BCUT2D eigenvalue weighted by atomic mass is 32.3. The summed E-state index contributed by atoms with van der Waals surface area (Å²) in [5, 5.41) is 0. The first-order valence-corrected chi connectivity index (χ1v) is 6.71. The lowest BCUT2D eigenvalue weighted by atomic mass is 10.4. The summed E-state index contributed by atoms with van der Waals surface area (Å²) >= 11 is -2.87. The summed E-state index contributed by atoms with van der Waals surface area (Å²) in [4.78, 5) is 10.9. The van der Waals surface area contributed by atoms with Crippen LogP contribution in [0.2, 0.25) is 0 Å². The molecule has 1 unspecified atom stereocenters. The van der Waals surface area contributed by atoms with Gasteiger partial charge in [-0.2, -0.15) is 12.6 Å². The van der Waals surface area contributed by atoms with Gasteiger partial charge in [0.25, 0.3) is 10.1 Å². The fraction of sp³-hybridized carbons (Fsp3) is 0.571. The molecule has 0 rings (SSSR count). The van der Waals surface area contributed by atoms with Crippen molar-refractivity contribution in [2.45, 2.75) is 13.3 Å². The van der Waals surface area contributed by atoms with Crippen molar-refractivity contribution in [3.05, 3.63) is 12.2 Å². The second-order valence-electron chi connectivity index (χ2n) is 2.82. The molecule has 0 saturated heterocycles. The zero-order valence-electron chi connectivity index (χ0n) is 8.54. The van der Waals surface area contributed by atoms with Crippen LogP contribution in [0.25, 0.3) is 0 Å². The van der Waals surface area contributed by atoms with Crippen molar-refractivity contribution >= 4 is 27.4 Å². The molecule has 7 nitrogen and oxygen atoms in total. The monoisotopic (exact) mass is 272 g/mol. The summed E-state index contributed by atoms with van der Waals surface area (Å²) in [5.74, 6) is -1.13. The van der Waals surface area contributed by atoms with Gasteiger partial charge < -0.3 is 4.74 Å². The minimum Gasteiger partial charge on any atom is -0.462 e. The van der Waals surface area contributed by atoms with Gasteiger partial charge in [-0.05, 0) is 13.3 Å². The molecule has 0 bridgehead atoms. The van der Waals surface area contributed by atoms with Gasteiger partial charge in [0.2, 0.25) is 0 Å². The first kappa shape index (κ1) is 15.2. The Labute approximate surface area is 96.0 Å². The normalized spacial score (nSPS) is 13.1. The molecule has 9 heteroatoms. The second kappa shape index (κ2) is 6.74. The van der Waals surface area contributed by atoms with Crippen LogP contribution in [0.5, 0.6) is 0 Å². The van der Waals surface area contributed by atoms with Crippen molar-refractivity contribution in [2.24, 2.45) is 0 Å². The van der Waals surface area contributed by atoms with Gasteiger partial charge in [-0.1, -0.05) is 6.58 Å². The Bertz CT molecular complexity index is 384. The van der Waals surface area contributed by atoms with Gasteiger partial charge in [-0.25, -0.2) is 4.79 Å². The van der Waals surface area contributed by atoms with E-state index in [1.165, 1.54) is 6.92 Å². The van der Waals surface area contributed by atoms with E-state index < -0.39 is 33.2 Å². The van der Waals surface area contributed by atoms with Crippen LogP contribution in [0.15, 0.2) is 12.2 Å². The van der Waals surface area contributed by atoms with Gasteiger partial charge in [0, 0.05) is 5.57 Å². The van der Waals surface area contributed by atoms with Crippen molar-refractivity contribution in [3.8, 4) is 0 Å². The highest BCUT2D eigenvalue weighted by Gasteiger charge is 2.15. The van der Waals surface area contributed by atoms with Crippen molar-refractivity contribution in [3.63, 3.8) is 0 Å². The average molecular weight is 272 g/mol. The zero-order chi connectivity index (χ0) is 12.8. The van der Waals surface area contributed by atoms with Gasteiger partial charge in [0.15, 0.2) is 0 Å². The van der Waals surface area contributed by atoms with Gasteiger partial charge in [0.1, 0.15) is 0 Å². The summed E-state index contributed by atoms with van der Waals surface area (Å²) in [5.41, 5.74) is 0.204. The minimum atomic E-state index is -4.06. The van der Waals surface area contributed by atoms with Crippen molar-refractivity contribution in [1.29, 1.82) is 0 Å². The number of ether oxygens (including phenoxy) is 1. The largest absolute Gasteiger partial charge is 0.462 e. The molecule has 0 radical (unpaired) electrons. The number of carbonyl (C=O) groups excluding carboxylic acids is 1. The summed E-state index contributed by atoms with van der Waals surface area (Å²) in [7, 11) is -4.06. The predicted molar refractivity (Wildman–Crippen MR) is 56.0 cm³/mol. The third-order valence-electron chi connectivity index (χ3n) is 1.28. The van der Waals surface area contributed by atoms with Crippen LogP contribution >= 0.6 is 0 Å². The van der Waals surface area contributed by atoms with E-state index in [4.69, 9.17) is 4.55 Å². The maximum atomic E-state index is 10.9. The van der Waals surface area contributed by atoms with E-state index in [0.29, 0.717) is 0 Å². The van der Waals surface area contributed by atoms with Crippen LogP contribution in [0.1, 0.15) is 13.3 Å². The molecule has 0 spiro atoms. The molecule has 0 heterocycles. The van der Waals surface area contributed by atoms with Crippen LogP contribution in [0, 0.1) is 0 Å². The maximum Gasteiger partial charge on any atom is 0.333 e. The fourth-order valence-corrected chi connectivity index (χ4v) is 2.10. The molecule has 0 aliphatic carbocycles. The third-order valence-corrected chi connectivity index (χ3v) is 3.37. The van der Waals surface area contributed by atoms with E-state index in [9.17, 15) is 17.4 Å². The Balaban J connectivity index is 3.87. The quantitative estimate of drug-likeness (QED) is 0.300. The van der Waals surface area contributed by atoms with E-state index in [-0.39, 0.29) is 18.6 Å². The Morgan fingerprint density at radius 1 is 1.50 bits per heavy atom. The predicted octanol–water partition coefficient (Wildman–Crippen LogP) is -0.0211. The van der Waals surface area contributed by atoms with E-state index in [1.54, 1.807) is 0 Å². The molecule has 0 amide bonds. The Kier molecular flexibility index (Phi) is 6.41. The molecule has 0 aliphatic heterocycles. The second-order valence-corrected chi connectivity index (χ2v) is 5.32. The summed E-state index contributed by atoms with van der Waals surface area (Å²) in [6.45, 7) is 4.65. The van der Waals surface area contributed by atoms with Gasteiger partial charge >= 0.3 is 17.3 Å². The smallest absolute Gasteiger partial charge is 0.333 e. The lowest BCUT2D eigenvalue weighted by Gasteiger charge is -2.03. The summed E-state index contributed by atoms with van der Waals surface area (Å²) in [6, 6.07) is 0. The molecule has 1 N–H and O–H groups in total. The van der Waals surface area contributed by atoms with E-state index >= 15 is 0 Å². The molecule has 0 saturated carbocycles. The van der Waals surface area contributed by atoms with Crippen LogP contribution < -0.4 is 0 Å². The summed E-state index contributed by atoms with van der Waals surface area (Å²) in [6.07, 6.45) is -0.0292. The Morgan fingerprint density at radius 2 is 2.06 bits per heavy atom. The topological polar surface area (TPSA) is 107 Å². The SMILES string of the molecule is C=C(C)C(=O)OCCCS(=O)(=O)OS(=O)O. The molecule has 94 valence electrons. The lowest BCUT2D eigenvalue weighted by Crippen LogP contribution is -2.15. The summed E-state index contributed by atoms with van der Waals surface area (Å²) < 4.78 is 48.4. The standard InChI is InChI=1S/C7H12O7S2/c1-6(2)7(8)13-4-3-5-16(11,12)14-15(9)10/h1,3-5H2,2H3,(H,9,10). The van der Waals surface area contributed by atoms with E-state index in [2.05, 4.69) is 14.9 Å². The number of esters is 1. The van der Waals surface area contributed by atoms with Crippen LogP contribution in [0.3, 0.4) is 0 Å². The van der Waals surface area contributed by atoms with Crippen molar-refractivity contribution < 1.29 is 30.3 Å². The first-order chi connectivity index (χ1) is 7.24. The molecule has 0 aromatic carbocycles. The minimum absolute atomic E-state index is 0.0292. The molecular formula is C7H12O7S2. The highest BCUT2D eigenvalue weighted by Crippen LogP contribution is 2.00. The first-order valence-electron chi connectivity index (χ1n) is 4.11. The maximum absolute atomic E-state index is 10.9. The molecule has 16 heavy (non-hydrogen) atoms. The highest BCUT2D eigenvalue weighted by molar-refractivity contribution is 7.95. The molecule has 0 aromatic rings. The van der Waals surface area contributed by atoms with E-state index in [1.807, 2.05) is 0 Å². The fourth-order valence-electron chi connectivity index (χ4n) is 0.646. The Hall–Kier alpha value is -0.770. The lowest BCUT2D eigenvalue weighted by molar-refractivity contribution is -0.138. The van der Waals surface area contributed by atoms with Crippen LogP contribution in [-0.2, 0) is 34.6 Å². The average Bonchev–Trinajstić information content (AvgIpc) is 2.09. The van der Waals surface area contributed by atoms with Gasteiger partial charge in [-0.15, -0.1) is 3.63 Å². The molecular weight excluding hydrogens is 260 g/mol. The van der Waals surface area contributed by atoms with Crippen LogP contribution in [-0.4, -0.2) is 35.5 Å². The third kappa shape index (κ3) is 7.51. The number of hydrogen-bond donors (Lipinski definition) is 1. The van der Waals surface area contributed by atoms with Crippen LogP contribution in [0.4, 0.5) is 0 Å². The number of hydrogen-bond acceptors (Lipinski definition) is 6. The Morgan fingerprint density at radius 3 is 2.50 bits per heavy atom. The van der Waals surface area contributed by atoms with Crippen molar-refractivity contribution in [1.82, 2.24) is 0 Å². The van der Waals surface area contributed by atoms with Gasteiger partial charge in [-0.3, -0.25) is 4.55 Å². The van der Waals surface area contributed by atoms with Gasteiger partial charge in [0.05, 0.1) is 12.4 Å². The number of carbonyl (C=O) groups is 1. The molecule has 0 fully saturated rings. The molecule has 0 aliphatic rings. The molecule has 0 aromatic heterocycles.